The lowest BCUT2D eigenvalue weighted by Crippen LogP contribution is -2.39. The van der Waals surface area contributed by atoms with Gasteiger partial charge in [-0.05, 0) is 62.1 Å². The molecule has 2 aromatic carbocycles. The summed E-state index contributed by atoms with van der Waals surface area (Å²) < 4.78 is 11.2. The highest BCUT2D eigenvalue weighted by molar-refractivity contribution is 6.04. The zero-order valence-electron chi connectivity index (χ0n) is 17.3. The molecule has 1 heterocycles. The fourth-order valence-electron chi connectivity index (χ4n) is 4.19. The summed E-state index contributed by atoms with van der Waals surface area (Å²) in [5, 5.41) is 14.1. The van der Waals surface area contributed by atoms with E-state index in [-0.39, 0.29) is 17.7 Å². The number of ether oxygens (including phenoxy) is 1. The van der Waals surface area contributed by atoms with E-state index in [1.807, 2.05) is 18.2 Å². The Labute approximate surface area is 179 Å². The van der Waals surface area contributed by atoms with E-state index in [2.05, 4.69) is 5.32 Å². The van der Waals surface area contributed by atoms with Gasteiger partial charge in [-0.15, -0.1) is 0 Å². The molecule has 1 aromatic heterocycles. The van der Waals surface area contributed by atoms with Crippen LogP contribution in [0.4, 0.5) is 0 Å². The largest absolute Gasteiger partial charge is 0.481 e. The normalized spacial score (nSPS) is 19.8. The van der Waals surface area contributed by atoms with E-state index in [1.54, 1.807) is 31.2 Å². The molecular weight excluding hydrogens is 398 g/mol. The molecule has 1 saturated carbocycles. The van der Waals surface area contributed by atoms with E-state index in [4.69, 9.17) is 14.3 Å². The minimum Gasteiger partial charge on any atom is -0.481 e. The summed E-state index contributed by atoms with van der Waals surface area (Å²) in [5.74, 6) is -0.506. The van der Waals surface area contributed by atoms with Crippen molar-refractivity contribution in [1.29, 1.82) is 0 Å². The van der Waals surface area contributed by atoms with E-state index in [9.17, 15) is 14.4 Å². The quantitative estimate of drug-likeness (QED) is 0.462. The van der Waals surface area contributed by atoms with E-state index in [1.165, 1.54) is 0 Å². The van der Waals surface area contributed by atoms with Gasteiger partial charge in [0.15, 0.2) is 6.10 Å². The zero-order chi connectivity index (χ0) is 22.0. The Bertz CT molecular complexity index is 1180. The Morgan fingerprint density at radius 3 is 2.52 bits per heavy atom. The molecule has 7 nitrogen and oxygen atoms in total. The van der Waals surface area contributed by atoms with Crippen LogP contribution in [0.25, 0.3) is 21.7 Å². The number of hydrogen-bond donors (Lipinski definition) is 2. The first-order valence-electron chi connectivity index (χ1n) is 10.5. The third-order valence-corrected chi connectivity index (χ3v) is 6.04. The number of carbonyl (C=O) groups excluding carboxylic acids is 1. The minimum absolute atomic E-state index is 0.236. The van der Waals surface area contributed by atoms with Crippen molar-refractivity contribution >= 4 is 33.6 Å². The first kappa shape index (κ1) is 20.9. The molecule has 2 N–H and O–H groups in total. The second-order valence-corrected chi connectivity index (χ2v) is 8.15. The number of nitrogens with one attached hydrogen (secondary N) is 1. The average Bonchev–Trinajstić information content (AvgIpc) is 2.77. The Hall–Kier alpha value is -3.35. The van der Waals surface area contributed by atoms with Crippen LogP contribution in [-0.2, 0) is 9.59 Å². The van der Waals surface area contributed by atoms with Gasteiger partial charge in [0, 0.05) is 18.0 Å². The Balaban J connectivity index is 1.38. The third kappa shape index (κ3) is 4.55. The molecule has 0 saturated heterocycles. The van der Waals surface area contributed by atoms with Gasteiger partial charge in [0.1, 0.15) is 11.3 Å². The fourth-order valence-corrected chi connectivity index (χ4v) is 4.19. The average molecular weight is 423 g/mol. The van der Waals surface area contributed by atoms with Crippen molar-refractivity contribution in [3.8, 4) is 5.75 Å². The van der Waals surface area contributed by atoms with Gasteiger partial charge in [0.25, 0.3) is 5.91 Å². The number of amides is 1. The van der Waals surface area contributed by atoms with Crippen molar-refractivity contribution in [2.75, 3.05) is 6.54 Å². The van der Waals surface area contributed by atoms with Crippen LogP contribution in [0.15, 0.2) is 51.7 Å². The molecule has 0 aliphatic heterocycles. The highest BCUT2D eigenvalue weighted by atomic mass is 16.5. The van der Waals surface area contributed by atoms with Gasteiger partial charge in [-0.3, -0.25) is 9.59 Å². The lowest BCUT2D eigenvalue weighted by atomic mass is 9.82. The monoisotopic (exact) mass is 423 g/mol. The first-order valence-corrected chi connectivity index (χ1v) is 10.5. The summed E-state index contributed by atoms with van der Waals surface area (Å²) in [5.41, 5.74) is -0.00680. The smallest absolute Gasteiger partial charge is 0.344 e. The maximum Gasteiger partial charge on any atom is 0.344 e. The molecule has 1 fully saturated rings. The van der Waals surface area contributed by atoms with Gasteiger partial charge in [0.2, 0.25) is 0 Å². The van der Waals surface area contributed by atoms with Gasteiger partial charge < -0.3 is 19.6 Å². The molecule has 31 heavy (non-hydrogen) atoms. The molecule has 4 rings (SSSR count). The summed E-state index contributed by atoms with van der Waals surface area (Å²) in [6.07, 6.45) is 2.17. The van der Waals surface area contributed by atoms with Crippen molar-refractivity contribution in [2.24, 2.45) is 11.8 Å². The summed E-state index contributed by atoms with van der Waals surface area (Å²) in [6, 6.07) is 12.5. The molecule has 162 valence electrons. The second kappa shape index (κ2) is 8.79. The summed E-state index contributed by atoms with van der Waals surface area (Å²) in [7, 11) is 0. The molecule has 1 aliphatic rings. The van der Waals surface area contributed by atoms with Crippen LogP contribution in [0.2, 0.25) is 0 Å². The lowest BCUT2D eigenvalue weighted by Gasteiger charge is -2.26. The Kier molecular flexibility index (Phi) is 5.93. The first-order chi connectivity index (χ1) is 14.9. The predicted molar refractivity (Wildman–Crippen MR) is 116 cm³/mol. The number of hydrogen-bond acceptors (Lipinski definition) is 5. The number of aliphatic carboxylic acids is 1. The molecule has 1 atom stereocenters. The summed E-state index contributed by atoms with van der Waals surface area (Å²) in [6.45, 7) is 2.18. The molecule has 0 unspecified atom stereocenters. The Morgan fingerprint density at radius 2 is 1.81 bits per heavy atom. The van der Waals surface area contributed by atoms with Crippen molar-refractivity contribution < 1.29 is 23.8 Å². The number of rotatable bonds is 6. The molecule has 3 aromatic rings. The van der Waals surface area contributed by atoms with Crippen molar-refractivity contribution in [2.45, 2.75) is 38.7 Å². The molecule has 7 heteroatoms. The van der Waals surface area contributed by atoms with Crippen molar-refractivity contribution in [1.82, 2.24) is 5.32 Å². The molecule has 1 amide bonds. The second-order valence-electron chi connectivity index (χ2n) is 8.15. The highest BCUT2D eigenvalue weighted by Gasteiger charge is 2.26. The standard InChI is InChI=1S/C24H25NO6/c1-14(22(26)25-13-15-6-8-16(9-7-15)23(27)28)30-17-10-11-19-18-4-2-3-5-20(18)24(29)31-21(19)12-17/h2-5,10-12,14-16H,6-9,13H2,1H3,(H,25,26)(H,27,28)/t14-,15?,16?/m1/s1. The topological polar surface area (TPSA) is 106 Å². The van der Waals surface area contributed by atoms with Gasteiger partial charge in [0.05, 0.1) is 11.3 Å². The van der Waals surface area contributed by atoms with E-state index < -0.39 is 17.7 Å². The number of carboxylic acid groups (broad SMARTS) is 1. The van der Waals surface area contributed by atoms with Gasteiger partial charge in [-0.2, -0.15) is 0 Å². The fraction of sp³-hybridized carbons (Fsp3) is 0.375. The van der Waals surface area contributed by atoms with Crippen LogP contribution < -0.4 is 15.7 Å². The van der Waals surface area contributed by atoms with Crippen LogP contribution in [0.5, 0.6) is 5.75 Å². The van der Waals surface area contributed by atoms with Gasteiger partial charge >= 0.3 is 11.6 Å². The molecular formula is C24H25NO6. The van der Waals surface area contributed by atoms with E-state index in [0.717, 1.165) is 23.6 Å². The number of carboxylic acids is 1. The van der Waals surface area contributed by atoms with Gasteiger partial charge in [-0.1, -0.05) is 18.2 Å². The Morgan fingerprint density at radius 1 is 1.10 bits per heavy atom. The molecule has 0 spiro atoms. The zero-order valence-corrected chi connectivity index (χ0v) is 17.3. The maximum absolute atomic E-state index is 12.5. The van der Waals surface area contributed by atoms with Crippen LogP contribution in [0.1, 0.15) is 32.6 Å². The van der Waals surface area contributed by atoms with Crippen LogP contribution in [0.3, 0.4) is 0 Å². The van der Waals surface area contributed by atoms with Crippen LogP contribution in [0, 0.1) is 11.8 Å². The number of fused-ring (bicyclic) bond motifs is 3. The summed E-state index contributed by atoms with van der Waals surface area (Å²) in [4.78, 5) is 35.7. The van der Waals surface area contributed by atoms with Gasteiger partial charge in [-0.25, -0.2) is 4.79 Å². The van der Waals surface area contributed by atoms with Crippen molar-refractivity contribution in [3.05, 3.63) is 52.9 Å². The number of benzene rings is 2. The van der Waals surface area contributed by atoms with Crippen LogP contribution in [-0.4, -0.2) is 29.6 Å². The SMILES string of the molecule is C[C@@H](Oc1ccc2c(c1)oc(=O)c1ccccc12)C(=O)NCC1CCC(C(=O)O)CC1. The lowest BCUT2D eigenvalue weighted by molar-refractivity contribution is -0.143. The minimum atomic E-state index is -0.733. The van der Waals surface area contributed by atoms with E-state index >= 15 is 0 Å². The highest BCUT2D eigenvalue weighted by Crippen LogP contribution is 2.29. The van der Waals surface area contributed by atoms with Crippen molar-refractivity contribution in [3.63, 3.8) is 0 Å². The third-order valence-electron chi connectivity index (χ3n) is 6.04. The predicted octanol–water partition coefficient (Wildman–Crippen LogP) is 3.72. The molecule has 1 aliphatic carbocycles. The maximum atomic E-state index is 12.5. The molecule has 0 bridgehead atoms. The van der Waals surface area contributed by atoms with E-state index in [0.29, 0.717) is 36.1 Å². The molecule has 0 radical (unpaired) electrons. The number of carbonyl (C=O) groups is 2. The summed E-state index contributed by atoms with van der Waals surface area (Å²) >= 11 is 0. The van der Waals surface area contributed by atoms with Crippen LogP contribution >= 0.6 is 0 Å².